The predicted octanol–water partition coefficient (Wildman–Crippen LogP) is 3.64. The van der Waals surface area contributed by atoms with Crippen molar-refractivity contribution in [3.8, 4) is 0 Å². The molecule has 0 amide bonds. The third kappa shape index (κ3) is 6.68. The number of benzene rings is 2. The van der Waals surface area contributed by atoms with Crippen molar-refractivity contribution in [1.29, 1.82) is 0 Å². The number of aliphatic imine (C=N–C) groups is 1. The van der Waals surface area contributed by atoms with Gasteiger partial charge in [0, 0.05) is 25.6 Å². The molecule has 2 aromatic carbocycles. The largest absolute Gasteiger partial charge is 0.356 e. The Kier molecular flexibility index (Phi) is 10.8. The van der Waals surface area contributed by atoms with Crippen LogP contribution in [-0.4, -0.2) is 35.0 Å². The van der Waals surface area contributed by atoms with Gasteiger partial charge < -0.3 is 10.6 Å². The van der Waals surface area contributed by atoms with E-state index in [9.17, 15) is 8.42 Å². The van der Waals surface area contributed by atoms with Crippen LogP contribution in [0.3, 0.4) is 0 Å². The van der Waals surface area contributed by atoms with E-state index in [0.717, 1.165) is 24.9 Å². The smallest absolute Gasteiger partial charge is 0.240 e. The minimum Gasteiger partial charge on any atom is -0.356 e. The van der Waals surface area contributed by atoms with Crippen molar-refractivity contribution in [3.05, 3.63) is 65.7 Å². The number of nitrogens with one attached hydrogen (secondary N) is 3. The van der Waals surface area contributed by atoms with E-state index in [-0.39, 0.29) is 34.3 Å². The zero-order chi connectivity index (χ0) is 21.3. The Balaban J connectivity index is 0.00000450. The molecule has 30 heavy (non-hydrogen) atoms. The number of guanidine groups is 1. The van der Waals surface area contributed by atoms with Crippen LogP contribution in [0.1, 0.15) is 37.8 Å². The van der Waals surface area contributed by atoms with Gasteiger partial charge in [-0.25, -0.2) is 13.1 Å². The fourth-order valence-electron chi connectivity index (χ4n) is 3.40. The highest BCUT2D eigenvalue weighted by molar-refractivity contribution is 14.0. The summed E-state index contributed by atoms with van der Waals surface area (Å²) in [6.07, 6.45) is 2.03. The van der Waals surface area contributed by atoms with Gasteiger partial charge in [0.15, 0.2) is 5.96 Å². The van der Waals surface area contributed by atoms with Crippen molar-refractivity contribution in [2.75, 3.05) is 20.6 Å². The van der Waals surface area contributed by atoms with Crippen LogP contribution >= 0.6 is 24.0 Å². The second-order valence-electron chi connectivity index (χ2n) is 6.99. The molecular weight excluding hydrogens is 511 g/mol. The lowest BCUT2D eigenvalue weighted by atomic mass is 9.76. The highest BCUT2D eigenvalue weighted by Gasteiger charge is 2.28. The standard InChI is InChI=1S/C22H32N4O2S.HI/c1-5-22(6-2,19-12-8-7-9-13-19)17-26-21(23-3)25-16-18-11-10-14-20(15-18)29(27,28)24-4;/h7-15,24H,5-6,16-17H2,1-4H3,(H2,23,25,26);1H. The van der Waals surface area contributed by atoms with Crippen LogP contribution in [0.2, 0.25) is 0 Å². The highest BCUT2D eigenvalue weighted by atomic mass is 127. The van der Waals surface area contributed by atoms with Gasteiger partial charge in [-0.1, -0.05) is 56.3 Å². The molecule has 0 aromatic heterocycles. The zero-order valence-corrected chi connectivity index (χ0v) is 21.3. The average Bonchev–Trinajstić information content (AvgIpc) is 2.77. The van der Waals surface area contributed by atoms with E-state index in [1.807, 2.05) is 12.1 Å². The van der Waals surface area contributed by atoms with Crippen LogP contribution in [0.15, 0.2) is 64.5 Å². The molecule has 0 aliphatic rings. The van der Waals surface area contributed by atoms with Gasteiger partial charge in [-0.05, 0) is 43.1 Å². The monoisotopic (exact) mass is 544 g/mol. The van der Waals surface area contributed by atoms with Gasteiger partial charge in [0.2, 0.25) is 10.0 Å². The Hall–Kier alpha value is -1.65. The second kappa shape index (κ2) is 12.3. The van der Waals surface area contributed by atoms with Crippen molar-refractivity contribution in [2.45, 2.75) is 43.5 Å². The number of rotatable bonds is 9. The average molecular weight is 545 g/mol. The number of sulfonamides is 1. The molecule has 0 aliphatic carbocycles. The van der Waals surface area contributed by atoms with Gasteiger partial charge in [-0.3, -0.25) is 4.99 Å². The maximum absolute atomic E-state index is 12.0. The Morgan fingerprint density at radius 2 is 1.67 bits per heavy atom. The van der Waals surface area contributed by atoms with Gasteiger partial charge in [0.05, 0.1) is 4.90 Å². The molecule has 0 heterocycles. The van der Waals surface area contributed by atoms with Crippen molar-refractivity contribution in [1.82, 2.24) is 15.4 Å². The van der Waals surface area contributed by atoms with Crippen molar-refractivity contribution in [3.63, 3.8) is 0 Å². The van der Waals surface area contributed by atoms with E-state index in [1.165, 1.54) is 12.6 Å². The third-order valence-electron chi connectivity index (χ3n) is 5.49. The topological polar surface area (TPSA) is 82.6 Å². The molecular formula is C22H33IN4O2S. The lowest BCUT2D eigenvalue weighted by Crippen LogP contribution is -2.45. The van der Waals surface area contributed by atoms with Crippen LogP contribution in [0, 0.1) is 0 Å². The van der Waals surface area contributed by atoms with Crippen molar-refractivity contribution >= 4 is 40.0 Å². The fourth-order valence-corrected chi connectivity index (χ4v) is 4.20. The Morgan fingerprint density at radius 3 is 2.23 bits per heavy atom. The summed E-state index contributed by atoms with van der Waals surface area (Å²) >= 11 is 0. The van der Waals surface area contributed by atoms with Gasteiger partial charge in [0.25, 0.3) is 0 Å². The molecule has 8 heteroatoms. The van der Waals surface area contributed by atoms with E-state index in [1.54, 1.807) is 25.2 Å². The normalized spacial score (nSPS) is 12.2. The van der Waals surface area contributed by atoms with Crippen LogP contribution in [0.5, 0.6) is 0 Å². The molecule has 2 rings (SSSR count). The van der Waals surface area contributed by atoms with Crippen LogP contribution in [0.4, 0.5) is 0 Å². The van der Waals surface area contributed by atoms with Crippen molar-refractivity contribution < 1.29 is 8.42 Å². The van der Waals surface area contributed by atoms with Crippen molar-refractivity contribution in [2.24, 2.45) is 4.99 Å². The molecule has 0 saturated carbocycles. The van der Waals surface area contributed by atoms with E-state index in [2.05, 4.69) is 58.5 Å². The minimum atomic E-state index is -3.46. The molecule has 166 valence electrons. The summed E-state index contributed by atoms with van der Waals surface area (Å²) in [5.41, 5.74) is 2.21. The van der Waals surface area contributed by atoms with Gasteiger partial charge in [0.1, 0.15) is 0 Å². The molecule has 6 nitrogen and oxygen atoms in total. The first-order valence-corrected chi connectivity index (χ1v) is 11.4. The predicted molar refractivity (Wildman–Crippen MR) is 135 cm³/mol. The van der Waals surface area contributed by atoms with Crippen LogP contribution in [-0.2, 0) is 22.0 Å². The summed E-state index contributed by atoms with van der Waals surface area (Å²) in [6.45, 7) is 5.66. The molecule has 2 aromatic rings. The summed E-state index contributed by atoms with van der Waals surface area (Å²) in [4.78, 5) is 4.57. The first kappa shape index (κ1) is 26.4. The Labute approximate surface area is 198 Å². The van der Waals surface area contributed by atoms with E-state index >= 15 is 0 Å². The summed E-state index contributed by atoms with van der Waals surface area (Å²) in [6, 6.07) is 17.4. The SMILES string of the molecule is CCC(CC)(CNC(=NC)NCc1cccc(S(=O)(=O)NC)c1)c1ccccc1.I. The maximum Gasteiger partial charge on any atom is 0.240 e. The van der Waals surface area contributed by atoms with Gasteiger partial charge in [-0.15, -0.1) is 24.0 Å². The maximum atomic E-state index is 12.0. The molecule has 0 saturated heterocycles. The molecule has 0 unspecified atom stereocenters. The molecule has 0 fully saturated rings. The summed E-state index contributed by atoms with van der Waals surface area (Å²) in [5.74, 6) is 0.689. The number of hydrogen-bond acceptors (Lipinski definition) is 3. The third-order valence-corrected chi connectivity index (χ3v) is 6.91. The first-order chi connectivity index (χ1) is 13.9. The lowest BCUT2D eigenvalue weighted by molar-refractivity contribution is 0.389. The zero-order valence-electron chi connectivity index (χ0n) is 18.1. The Bertz CT molecular complexity index is 914. The van der Waals surface area contributed by atoms with E-state index in [0.29, 0.717) is 12.5 Å². The molecule has 0 atom stereocenters. The molecule has 0 aliphatic heterocycles. The molecule has 0 bridgehead atoms. The first-order valence-electron chi connectivity index (χ1n) is 9.93. The molecule has 3 N–H and O–H groups in total. The highest BCUT2D eigenvalue weighted by Crippen LogP contribution is 2.30. The quantitative estimate of drug-likeness (QED) is 0.256. The number of halogens is 1. The summed E-state index contributed by atoms with van der Waals surface area (Å²) in [5, 5.41) is 6.72. The van der Waals surface area contributed by atoms with Gasteiger partial charge in [-0.2, -0.15) is 0 Å². The lowest BCUT2D eigenvalue weighted by Gasteiger charge is -2.33. The number of hydrogen-bond donors (Lipinski definition) is 3. The molecule has 0 radical (unpaired) electrons. The summed E-state index contributed by atoms with van der Waals surface area (Å²) < 4.78 is 26.3. The minimum absolute atomic E-state index is 0. The van der Waals surface area contributed by atoms with Crippen LogP contribution in [0.25, 0.3) is 0 Å². The van der Waals surface area contributed by atoms with E-state index < -0.39 is 10.0 Å². The number of nitrogens with zero attached hydrogens (tertiary/aromatic N) is 1. The summed E-state index contributed by atoms with van der Waals surface area (Å²) in [7, 11) is -0.311. The van der Waals surface area contributed by atoms with Gasteiger partial charge >= 0.3 is 0 Å². The fraction of sp³-hybridized carbons (Fsp3) is 0.409. The van der Waals surface area contributed by atoms with E-state index in [4.69, 9.17) is 0 Å². The second-order valence-corrected chi connectivity index (χ2v) is 8.87. The Morgan fingerprint density at radius 1 is 1.00 bits per heavy atom. The molecule has 0 spiro atoms. The van der Waals surface area contributed by atoms with Crippen LogP contribution < -0.4 is 15.4 Å².